The summed E-state index contributed by atoms with van der Waals surface area (Å²) in [6.45, 7) is 4.36. The molecule has 0 aromatic heterocycles. The fourth-order valence-corrected chi connectivity index (χ4v) is 0.406. The normalized spacial score (nSPS) is 9.38. The van der Waals surface area contributed by atoms with Crippen molar-refractivity contribution in [3.63, 3.8) is 0 Å². The Kier molecular flexibility index (Phi) is 12.9. The van der Waals surface area contributed by atoms with Crippen molar-refractivity contribution in [2.45, 2.75) is 26.7 Å². The molecule has 0 saturated heterocycles. The molecule has 0 bridgehead atoms. The van der Waals surface area contributed by atoms with Crippen molar-refractivity contribution in [3.8, 4) is 0 Å². The average Bonchev–Trinajstić information content (AvgIpc) is 2.17. The van der Waals surface area contributed by atoms with Crippen LogP contribution in [0.25, 0.3) is 0 Å². The average molecular weight is 211 g/mol. The highest BCUT2D eigenvalue weighted by Gasteiger charge is 2.24. The Hall–Kier alpha value is -0.670. The number of carbonyl (C=O) groups excluding carboxylic acids is 1. The van der Waals surface area contributed by atoms with Gasteiger partial charge >= 0.3 is 14.4 Å². The lowest BCUT2D eigenvalue weighted by atomic mass is 10.4. The Morgan fingerprint density at radius 2 is 1.69 bits per heavy atom. The van der Waals surface area contributed by atoms with Gasteiger partial charge in [-0.15, -0.1) is 9.05 Å². The summed E-state index contributed by atoms with van der Waals surface area (Å²) in [5, 5.41) is 0. The van der Waals surface area contributed by atoms with Crippen molar-refractivity contribution in [2.75, 3.05) is 14.2 Å². The number of ether oxygens (including phenoxy) is 1. The maximum Gasteiger partial charge on any atom is 0.756 e. The number of rotatable bonds is 3. The van der Waals surface area contributed by atoms with E-state index in [1.165, 1.54) is 12.8 Å². The van der Waals surface area contributed by atoms with Crippen LogP contribution in [0.3, 0.4) is 0 Å². The van der Waals surface area contributed by atoms with Gasteiger partial charge in [0.25, 0.3) is 0 Å². The van der Waals surface area contributed by atoms with Crippen LogP contribution in [0.15, 0.2) is 0 Å². The van der Waals surface area contributed by atoms with Crippen LogP contribution in [0.5, 0.6) is 0 Å². The predicted molar refractivity (Wildman–Crippen MR) is 48.7 cm³/mol. The summed E-state index contributed by atoms with van der Waals surface area (Å²) in [5.41, 5.74) is 0. The van der Waals surface area contributed by atoms with Crippen molar-refractivity contribution in [3.05, 3.63) is 0 Å². The Bertz CT molecular complexity index is 132. The third-order valence-corrected chi connectivity index (χ3v) is 1.56. The number of carbonyl (C=O) groups is 1. The molecule has 0 radical (unpaired) electrons. The molecule has 0 aliphatic carbocycles. The largest absolute Gasteiger partial charge is 0.756 e. The van der Waals surface area contributed by atoms with E-state index in [1.807, 2.05) is 0 Å². The summed E-state index contributed by atoms with van der Waals surface area (Å²) in [7, 11) is -0.0814. The van der Waals surface area contributed by atoms with Crippen molar-refractivity contribution in [2.24, 2.45) is 0 Å². The van der Waals surface area contributed by atoms with E-state index in [2.05, 4.69) is 27.6 Å². The molecule has 5 nitrogen and oxygen atoms in total. The molecule has 1 unspecified atom stereocenters. The zero-order valence-electron chi connectivity index (χ0n) is 8.40. The molecule has 0 N–H and O–H groups in total. The van der Waals surface area contributed by atoms with E-state index in [1.54, 1.807) is 0 Å². The molecule has 0 amide bonds. The lowest BCUT2D eigenvalue weighted by molar-refractivity contribution is 0.118. The van der Waals surface area contributed by atoms with Gasteiger partial charge in [0, 0.05) is 4.57 Å². The van der Waals surface area contributed by atoms with Crippen LogP contribution in [0, 0.1) is 0 Å². The van der Waals surface area contributed by atoms with Crippen LogP contribution >= 0.6 is 8.25 Å². The Morgan fingerprint density at radius 1 is 1.23 bits per heavy atom. The maximum absolute atomic E-state index is 10.2. The van der Waals surface area contributed by atoms with Gasteiger partial charge in [-0.2, -0.15) is 4.79 Å². The van der Waals surface area contributed by atoms with Gasteiger partial charge in [0.1, 0.15) is 0 Å². The summed E-state index contributed by atoms with van der Waals surface area (Å²) >= 11 is 0. The van der Waals surface area contributed by atoms with Crippen molar-refractivity contribution >= 4 is 14.4 Å². The fourth-order valence-electron chi connectivity index (χ4n) is 0.135. The van der Waals surface area contributed by atoms with Gasteiger partial charge in [-0.3, -0.25) is 0 Å². The number of methoxy groups -OCH3 is 1. The maximum atomic E-state index is 10.2. The van der Waals surface area contributed by atoms with Crippen LogP contribution < -0.4 is 0 Å². The van der Waals surface area contributed by atoms with Gasteiger partial charge in [-0.25, -0.2) is 0 Å². The minimum absolute atomic E-state index is 1.02. The molecular formula is C7H16O5P+. The first-order valence-electron chi connectivity index (χ1n) is 3.89. The monoisotopic (exact) mass is 211 g/mol. The van der Waals surface area contributed by atoms with Crippen LogP contribution in [-0.4, -0.2) is 20.4 Å². The van der Waals surface area contributed by atoms with Gasteiger partial charge in [-0.1, -0.05) is 26.7 Å². The van der Waals surface area contributed by atoms with Crippen molar-refractivity contribution in [1.29, 1.82) is 0 Å². The Labute approximate surface area is 79.3 Å². The van der Waals surface area contributed by atoms with Gasteiger partial charge in [0.05, 0.1) is 14.2 Å². The van der Waals surface area contributed by atoms with Crippen LogP contribution in [0.2, 0.25) is 0 Å². The molecule has 0 aromatic carbocycles. The third-order valence-electron chi connectivity index (χ3n) is 0.965. The fraction of sp³-hybridized carbons (Fsp3) is 0.857. The highest BCUT2D eigenvalue weighted by atomic mass is 31.1. The summed E-state index contributed by atoms with van der Waals surface area (Å²) < 4.78 is 22.3. The van der Waals surface area contributed by atoms with Gasteiger partial charge in [0.2, 0.25) is 0 Å². The van der Waals surface area contributed by atoms with E-state index in [0.29, 0.717) is 0 Å². The predicted octanol–water partition coefficient (Wildman–Crippen LogP) is 2.88. The van der Waals surface area contributed by atoms with E-state index < -0.39 is 14.4 Å². The van der Waals surface area contributed by atoms with Crippen molar-refractivity contribution in [1.82, 2.24) is 0 Å². The van der Waals surface area contributed by atoms with Gasteiger partial charge in [0.15, 0.2) is 0 Å². The minimum atomic E-state index is -2.35. The van der Waals surface area contributed by atoms with Crippen LogP contribution in [0.1, 0.15) is 26.7 Å². The highest BCUT2D eigenvalue weighted by molar-refractivity contribution is 7.33. The highest BCUT2D eigenvalue weighted by Crippen LogP contribution is 2.21. The molecule has 1 atom stereocenters. The Morgan fingerprint density at radius 3 is 1.92 bits per heavy atom. The summed E-state index contributed by atoms with van der Waals surface area (Å²) in [4.78, 5) is 10.1. The second-order valence-electron chi connectivity index (χ2n) is 1.95. The van der Waals surface area contributed by atoms with Crippen LogP contribution in [0.4, 0.5) is 4.79 Å². The molecule has 6 heteroatoms. The van der Waals surface area contributed by atoms with Gasteiger partial charge < -0.3 is 4.74 Å². The molecule has 0 aromatic rings. The topological polar surface area (TPSA) is 61.8 Å². The van der Waals surface area contributed by atoms with E-state index in [-0.39, 0.29) is 0 Å². The van der Waals surface area contributed by atoms with E-state index in [4.69, 9.17) is 0 Å². The number of unbranched alkanes of at least 4 members (excludes halogenated alkanes) is 1. The quantitative estimate of drug-likeness (QED) is 0.530. The lowest BCUT2D eigenvalue weighted by Gasteiger charge is -1.84. The van der Waals surface area contributed by atoms with Crippen molar-refractivity contribution < 1.29 is 23.1 Å². The number of hydrogen-bond acceptors (Lipinski definition) is 5. The van der Waals surface area contributed by atoms with Crippen LogP contribution in [-0.2, 0) is 18.3 Å². The SMILES string of the molecule is CCCC.COC(=O)O[P+](=O)OC. The first-order valence-corrected chi connectivity index (χ1v) is 4.99. The Balaban J connectivity index is 0. The van der Waals surface area contributed by atoms with E-state index in [0.717, 1.165) is 14.2 Å². The molecule has 0 rings (SSSR count). The number of hydrogen-bond donors (Lipinski definition) is 0. The first kappa shape index (κ1) is 14.8. The smallest absolute Gasteiger partial charge is 0.435 e. The standard InChI is InChI=1S/C4H10.C3H6O5P/c1-3-4-2;1-6-3(4)8-9(5)7-2/h3-4H2,1-2H3;1-2H3/q;+1. The first-order chi connectivity index (χ1) is 6.12. The molecule has 0 aliphatic rings. The molecular weight excluding hydrogens is 195 g/mol. The summed E-state index contributed by atoms with van der Waals surface area (Å²) in [6, 6.07) is 0. The lowest BCUT2D eigenvalue weighted by Crippen LogP contribution is -1.97. The summed E-state index contributed by atoms with van der Waals surface area (Å²) in [6.07, 6.45) is 1.62. The second-order valence-corrected chi connectivity index (χ2v) is 2.95. The molecule has 0 saturated carbocycles. The van der Waals surface area contributed by atoms with Gasteiger partial charge in [-0.05, 0) is 0 Å². The van der Waals surface area contributed by atoms with E-state index in [9.17, 15) is 9.36 Å². The molecule has 13 heavy (non-hydrogen) atoms. The second kappa shape index (κ2) is 11.3. The minimum Gasteiger partial charge on any atom is -0.435 e. The molecule has 0 aliphatic heterocycles. The zero-order chi connectivity index (χ0) is 10.7. The molecule has 0 spiro atoms. The molecule has 0 heterocycles. The third kappa shape index (κ3) is 14.2. The molecule has 78 valence electrons. The van der Waals surface area contributed by atoms with E-state index >= 15 is 0 Å². The zero-order valence-corrected chi connectivity index (χ0v) is 9.30. The summed E-state index contributed by atoms with van der Waals surface area (Å²) in [5.74, 6) is 0. The molecule has 0 fully saturated rings.